The molecule has 0 fully saturated rings. The number of aliphatic hydroxyl groups excluding tert-OH is 5. The quantitative estimate of drug-likeness (QED) is 0.0113. The van der Waals surface area contributed by atoms with Gasteiger partial charge in [-0.1, -0.05) is 142 Å². The van der Waals surface area contributed by atoms with Gasteiger partial charge in [0.25, 0.3) is 5.97 Å². The van der Waals surface area contributed by atoms with E-state index >= 15 is 0 Å². The first-order valence-electron chi connectivity index (χ1n) is 35.5. The second kappa shape index (κ2) is 76.9. The van der Waals surface area contributed by atoms with Gasteiger partial charge in [0, 0.05) is 89.8 Å². The molecular weight excluding hydrogens is 1800 g/mol. The summed E-state index contributed by atoms with van der Waals surface area (Å²) in [6.45, 7) is 11.7. The summed E-state index contributed by atoms with van der Waals surface area (Å²) < 4.78 is 101. The number of anilines is 3. The standard InChI is InChI=1S/C24H32Cl2N2O6S.C20H26Cl2N2O5S.C18H22Cl2N2O4S.C6H10O3.C4H6BO2.C2H4O2.CH4O.CH3O.2CH4.2Na.2H2O/c1-3-4-24(30)33-14-13-28(12-11-18-5-10-22(25)23(26)15-18)16-20(29)17-34-21-8-6-19(7-9-21)27-35(2,31)32;1-30(27,28)23-16-3-5-18(6-4-16)29-14-17(26)13-24(10-11-25)9-8-15-2-7-19(21)20(22)12-15;1-27(24,25)22-14-3-5-16(6-4-14)26-12-15(23)11-21-9-8-13-2-7-17(19)18(20)10-13;1-2-3-6(8)9-5-4-7;1-3(6)5-4(2)7;1-2(3)4;2*1-2;;;;;;/h5-10,15,20,27,29H,3-4,11-14,16-17H2,1-2H3;2-7,12,17,23,25-26H,8-11,13-14H2,1H3;2-7,10,15,21-23H,8-9,11-12H2,1H3;4H,2-3,5H2,1H3;1-2H3;1H3,(H,3,4);2H,1H3;1H3;2*1H4;;;2*1H2/q;;;;-1;;;-1;;;2*+1;;/t20-;17-;15-;;;;;;;;;;;/m111.........../s1. The van der Waals surface area contributed by atoms with E-state index in [0.717, 1.165) is 83.1 Å². The molecule has 0 unspecified atom stereocenters. The first kappa shape index (κ1) is 132. The molecule has 14 N–H and O–H groups in total. The van der Waals surface area contributed by atoms with Crippen LogP contribution in [0, 0.1) is 0 Å². The van der Waals surface area contributed by atoms with E-state index < -0.39 is 54.4 Å². The third-order valence-corrected chi connectivity index (χ3v) is 17.8. The summed E-state index contributed by atoms with van der Waals surface area (Å²) in [5.74, 6) is 0.180. The van der Waals surface area contributed by atoms with Crippen LogP contribution in [0.15, 0.2) is 127 Å². The zero-order valence-electron chi connectivity index (χ0n) is 69.3. The number of hydrogen-bond donors (Lipinski definition) is 10. The van der Waals surface area contributed by atoms with E-state index in [1.807, 2.05) is 60.0 Å². The number of halogens is 6. The van der Waals surface area contributed by atoms with E-state index in [1.165, 1.54) is 13.8 Å². The first-order chi connectivity index (χ1) is 54.6. The molecule has 0 aliphatic carbocycles. The number of nitrogens with one attached hydrogen (secondary N) is 4. The molecule has 0 heterocycles. The van der Waals surface area contributed by atoms with E-state index in [2.05, 4.69) is 24.2 Å². The van der Waals surface area contributed by atoms with E-state index in [-0.39, 0.29) is 148 Å². The summed E-state index contributed by atoms with van der Waals surface area (Å²) in [6.07, 6.45) is 5.94. The molecule has 6 aromatic rings. The average Bonchev–Trinajstić information content (AvgIpc) is 0.893. The van der Waals surface area contributed by atoms with E-state index in [9.17, 15) is 69.7 Å². The molecule has 122 heavy (non-hydrogen) atoms. The number of carbonyl (C=O) groups is 6. The van der Waals surface area contributed by atoms with Gasteiger partial charge in [-0.15, -0.1) is 0 Å². The van der Waals surface area contributed by atoms with Crippen LogP contribution >= 0.6 is 69.6 Å². The van der Waals surface area contributed by atoms with Crippen LogP contribution in [-0.4, -0.2) is 263 Å². The van der Waals surface area contributed by atoms with Gasteiger partial charge in [0.2, 0.25) is 30.1 Å². The van der Waals surface area contributed by atoms with Crippen molar-refractivity contribution in [1.29, 1.82) is 0 Å². The maximum atomic E-state index is 11.7. The van der Waals surface area contributed by atoms with Crippen LogP contribution < -0.4 is 97.9 Å². The molecule has 0 aliphatic heterocycles. The number of ether oxygens (including phenoxy) is 5. The van der Waals surface area contributed by atoms with Crippen LogP contribution in [-0.2, 0) is 87.6 Å². The molecule has 3 atom stereocenters. The molecule has 6 aromatic carbocycles. The van der Waals surface area contributed by atoms with Crippen molar-refractivity contribution in [1.82, 2.24) is 15.1 Å². The van der Waals surface area contributed by atoms with Gasteiger partial charge in [-0.2, -0.15) is 14.4 Å². The zero-order chi connectivity index (χ0) is 88.4. The number of esters is 2. The molecule has 0 spiro atoms. The van der Waals surface area contributed by atoms with Crippen molar-refractivity contribution < 1.29 is 184 Å². The summed E-state index contributed by atoms with van der Waals surface area (Å²) in [7, 11) is -7.19. The van der Waals surface area contributed by atoms with Crippen LogP contribution in [0.4, 0.5) is 17.1 Å². The summed E-state index contributed by atoms with van der Waals surface area (Å²) in [4.78, 5) is 64.6. The van der Waals surface area contributed by atoms with E-state index in [0.29, 0.717) is 149 Å². The van der Waals surface area contributed by atoms with Crippen LogP contribution in [0.5, 0.6) is 17.2 Å². The maximum Gasteiger partial charge on any atom is 1.00 e. The number of hydrogen-bond acceptors (Lipinski definition) is 26. The van der Waals surface area contributed by atoms with Crippen molar-refractivity contribution in [2.24, 2.45) is 0 Å². The Bertz CT molecular complexity index is 4160. The Morgan fingerprint density at radius 3 is 1.07 bits per heavy atom. The molecule has 0 aliphatic rings. The smallest absolute Gasteiger partial charge is 0.857 e. The van der Waals surface area contributed by atoms with Gasteiger partial charge in [-0.3, -0.25) is 43.1 Å². The number of carbonyl (C=O) groups excluding carboxylic acids is 5. The zero-order valence-corrected chi connectivity index (χ0v) is 80.3. The number of benzene rings is 6. The molecule has 0 saturated carbocycles. The maximum absolute atomic E-state index is 11.7. The number of nitrogens with zero attached hydrogens (tertiary/aromatic N) is 2. The number of carboxylic acid groups (broad SMARTS) is 1. The number of aliphatic carboxylic acids is 1. The fourth-order valence-electron chi connectivity index (χ4n) is 8.98. The molecule has 6 rings (SSSR count). The fourth-order valence-corrected chi connectivity index (χ4v) is 11.6. The van der Waals surface area contributed by atoms with Gasteiger partial charge in [0.05, 0.1) is 55.5 Å². The first-order valence-corrected chi connectivity index (χ1v) is 43.5. The van der Waals surface area contributed by atoms with E-state index in [4.69, 9.17) is 109 Å². The summed E-state index contributed by atoms with van der Waals surface area (Å²) in [5.41, 5.74) is 4.01. The normalized spacial score (nSPS) is 10.9. The Hall–Kier alpha value is -5.25. The Morgan fingerprint density at radius 2 is 0.795 bits per heavy atom. The van der Waals surface area contributed by atoms with Gasteiger partial charge >= 0.3 is 71.1 Å². The van der Waals surface area contributed by atoms with Crippen LogP contribution in [0.2, 0.25) is 30.1 Å². The number of carboxylic acids is 1. The van der Waals surface area contributed by atoms with Crippen molar-refractivity contribution >= 4 is 160 Å². The Morgan fingerprint density at radius 1 is 0.492 bits per heavy atom. The van der Waals surface area contributed by atoms with Crippen molar-refractivity contribution in [2.75, 3.05) is 139 Å². The Labute approximate surface area is 794 Å². The molecule has 0 saturated heterocycles. The van der Waals surface area contributed by atoms with Gasteiger partial charge in [0.1, 0.15) is 68.6 Å². The molecule has 0 amide bonds. The van der Waals surface area contributed by atoms with Crippen LogP contribution in [0.3, 0.4) is 0 Å². The summed E-state index contributed by atoms with van der Waals surface area (Å²) >= 11 is 35.9. The molecule has 2 radical (unpaired) electrons. The Kier molecular flexibility index (Phi) is 83.4. The minimum absolute atomic E-state index is 0. The number of rotatable bonds is 43. The predicted octanol–water partition coefficient (Wildman–Crippen LogP) is 2.19. The van der Waals surface area contributed by atoms with Crippen molar-refractivity contribution in [3.05, 3.63) is 174 Å². The number of aliphatic hydroxyl groups is 5. The topological polar surface area (TPSA) is 513 Å². The third kappa shape index (κ3) is 73.9. The minimum atomic E-state index is -3.36. The average molecular weight is 1920 g/mol. The largest absolute Gasteiger partial charge is 1.00 e. The van der Waals surface area contributed by atoms with Crippen molar-refractivity contribution in [3.8, 4) is 17.2 Å². The second-order valence-corrected chi connectivity index (χ2v) is 32.3. The van der Waals surface area contributed by atoms with Gasteiger partial charge in [-0.25, -0.2) is 25.3 Å². The monoisotopic (exact) mass is 1920 g/mol. The summed E-state index contributed by atoms with van der Waals surface area (Å²) in [6, 6.07) is 35.7. The fraction of sp³-hybridized carbons (Fsp3) is 0.462. The third-order valence-electron chi connectivity index (χ3n) is 13.8. The second-order valence-electron chi connectivity index (χ2n) is 24.6. The van der Waals surface area contributed by atoms with Gasteiger partial charge < -0.3 is 85.3 Å². The predicted molar refractivity (Wildman–Crippen MR) is 476 cm³/mol. The van der Waals surface area contributed by atoms with Crippen LogP contribution in [0.1, 0.15) is 91.8 Å². The SMILES string of the molecule is C.C.CC(=O)O.CC(=O)[B-]C(C)=O.CCCC(=O)OCC=O.CCCC(=O)OCCN(CCc1ccc(Cl)c(Cl)c1)C[C@@H](O)COc1ccc(NS(C)(=O)=O)cc1.CO.CS(=O)(=O)Nc1ccc(OC[C@H](O)CN(CCO)CCc2ccc(Cl)c(Cl)c2)cc1.CS(=O)(=O)Nc1ccc(OC[C@H](O)CNCCc2ccc(Cl)c(Cl)c2)cc1.C[O-].O.O.[Na+].[Na+]. The minimum Gasteiger partial charge on any atom is -0.857 e. The van der Waals surface area contributed by atoms with Gasteiger partial charge in [-0.05, 0) is 165 Å². The van der Waals surface area contributed by atoms with Gasteiger partial charge in [0.15, 0.2) is 6.29 Å². The summed E-state index contributed by atoms with van der Waals surface area (Å²) in [5, 5.41) is 69.0. The van der Waals surface area contributed by atoms with Crippen molar-refractivity contribution in [2.45, 2.75) is 113 Å². The molecule has 0 aromatic heterocycles. The molecule has 32 nitrogen and oxygen atoms in total. The van der Waals surface area contributed by atoms with Crippen molar-refractivity contribution in [3.63, 3.8) is 0 Å². The molecule has 0 bridgehead atoms. The molecule has 682 valence electrons. The number of aldehydes is 1. The number of sulfonamides is 3. The van der Waals surface area contributed by atoms with E-state index in [1.54, 1.807) is 91.0 Å². The molecule has 44 heteroatoms. The van der Waals surface area contributed by atoms with Crippen LogP contribution in [0.25, 0.3) is 0 Å². The molecular formula is C78H119BCl6N6Na2O26S3. The Balaban J connectivity index is -0.000000230.